The number of rotatable bonds is 3. The minimum Gasteiger partial charge on any atom is -0.398 e. The van der Waals surface area contributed by atoms with E-state index in [1.165, 1.54) is 0 Å². The van der Waals surface area contributed by atoms with Crippen molar-refractivity contribution in [3.63, 3.8) is 0 Å². The largest absolute Gasteiger partial charge is 0.398 e. The molecule has 0 aromatic heterocycles. The fourth-order valence-electron chi connectivity index (χ4n) is 1.82. The predicted octanol–water partition coefficient (Wildman–Crippen LogP) is 4.07. The van der Waals surface area contributed by atoms with Crippen LogP contribution in [0.15, 0.2) is 51.4 Å². The Balaban J connectivity index is 2.11. The number of benzene rings is 2. The molecule has 3 nitrogen and oxygen atoms in total. The van der Waals surface area contributed by atoms with Crippen molar-refractivity contribution in [3.8, 4) is 0 Å². The van der Waals surface area contributed by atoms with Crippen molar-refractivity contribution < 1.29 is 4.79 Å². The van der Waals surface area contributed by atoms with E-state index in [9.17, 15) is 4.79 Å². The van der Waals surface area contributed by atoms with Gasteiger partial charge in [-0.15, -0.1) is 0 Å². The molecule has 0 atom stereocenters. The monoisotopic (exact) mass is 396 g/mol. The van der Waals surface area contributed by atoms with Gasteiger partial charge in [0.25, 0.3) is 5.91 Å². The third-order valence-corrected chi connectivity index (χ3v) is 4.14. The average molecular weight is 398 g/mol. The molecule has 104 valence electrons. The normalized spacial score (nSPS) is 10.3. The summed E-state index contributed by atoms with van der Waals surface area (Å²) in [6, 6.07) is 13.1. The molecule has 0 unspecified atom stereocenters. The van der Waals surface area contributed by atoms with E-state index in [2.05, 4.69) is 31.9 Å². The summed E-state index contributed by atoms with van der Waals surface area (Å²) >= 11 is 6.73. The average Bonchev–Trinajstić information content (AvgIpc) is 2.43. The molecule has 0 radical (unpaired) electrons. The van der Waals surface area contributed by atoms with Crippen LogP contribution in [0.25, 0.3) is 0 Å². The zero-order valence-electron chi connectivity index (χ0n) is 10.9. The lowest BCUT2D eigenvalue weighted by molar-refractivity contribution is 0.0785. The summed E-state index contributed by atoms with van der Waals surface area (Å²) in [6.45, 7) is 0.564. The fourth-order valence-corrected chi connectivity index (χ4v) is 2.46. The molecule has 20 heavy (non-hydrogen) atoms. The first kappa shape index (κ1) is 15.1. The third kappa shape index (κ3) is 3.61. The van der Waals surface area contributed by atoms with Crippen LogP contribution in [0.3, 0.4) is 0 Å². The molecule has 0 fully saturated rings. The van der Waals surface area contributed by atoms with Crippen LogP contribution in [0.2, 0.25) is 0 Å². The lowest BCUT2D eigenvalue weighted by Crippen LogP contribution is -2.26. The first-order chi connectivity index (χ1) is 9.47. The van der Waals surface area contributed by atoms with Gasteiger partial charge >= 0.3 is 0 Å². The SMILES string of the molecule is CN(Cc1ccc(Br)cc1)C(=O)c1ccc(N)c(Br)c1. The summed E-state index contributed by atoms with van der Waals surface area (Å²) in [5.41, 5.74) is 8.05. The molecule has 0 spiro atoms. The van der Waals surface area contributed by atoms with E-state index in [-0.39, 0.29) is 5.91 Å². The minimum absolute atomic E-state index is 0.0337. The lowest BCUT2D eigenvalue weighted by Gasteiger charge is -2.17. The Morgan fingerprint density at radius 2 is 1.80 bits per heavy atom. The van der Waals surface area contributed by atoms with E-state index in [0.29, 0.717) is 17.8 Å². The van der Waals surface area contributed by atoms with Crippen LogP contribution in [-0.4, -0.2) is 17.9 Å². The van der Waals surface area contributed by atoms with Gasteiger partial charge in [-0.2, -0.15) is 0 Å². The molecule has 2 aromatic rings. The highest BCUT2D eigenvalue weighted by Gasteiger charge is 2.13. The molecule has 2 rings (SSSR count). The van der Waals surface area contributed by atoms with Gasteiger partial charge in [0.05, 0.1) is 0 Å². The smallest absolute Gasteiger partial charge is 0.253 e. The first-order valence-electron chi connectivity index (χ1n) is 6.02. The molecule has 5 heteroatoms. The fraction of sp³-hybridized carbons (Fsp3) is 0.133. The molecular formula is C15H14Br2N2O. The van der Waals surface area contributed by atoms with Gasteiger partial charge in [0.2, 0.25) is 0 Å². The van der Waals surface area contributed by atoms with Gasteiger partial charge in [-0.3, -0.25) is 4.79 Å². The van der Waals surface area contributed by atoms with Crippen molar-refractivity contribution in [1.82, 2.24) is 4.90 Å². The maximum atomic E-state index is 12.3. The highest BCUT2D eigenvalue weighted by molar-refractivity contribution is 9.10. The highest BCUT2D eigenvalue weighted by atomic mass is 79.9. The molecule has 0 aliphatic rings. The standard InChI is InChI=1S/C15H14Br2N2O/c1-19(9-10-2-5-12(16)6-3-10)15(20)11-4-7-14(18)13(17)8-11/h2-8H,9,18H2,1H3. The second-order valence-corrected chi connectivity index (χ2v) is 6.29. The van der Waals surface area contributed by atoms with Crippen molar-refractivity contribution in [2.75, 3.05) is 12.8 Å². The molecular weight excluding hydrogens is 384 g/mol. The number of hydrogen-bond donors (Lipinski definition) is 1. The van der Waals surface area contributed by atoms with E-state index in [1.54, 1.807) is 30.1 Å². The van der Waals surface area contributed by atoms with Gasteiger partial charge in [0, 0.05) is 33.8 Å². The van der Waals surface area contributed by atoms with Gasteiger partial charge < -0.3 is 10.6 Å². The maximum absolute atomic E-state index is 12.3. The zero-order valence-corrected chi connectivity index (χ0v) is 14.1. The Kier molecular flexibility index (Phi) is 4.83. The van der Waals surface area contributed by atoms with Crippen LogP contribution in [0.5, 0.6) is 0 Å². The summed E-state index contributed by atoms with van der Waals surface area (Å²) in [4.78, 5) is 14.0. The summed E-state index contributed by atoms with van der Waals surface area (Å²) in [7, 11) is 1.79. The molecule has 0 heterocycles. The Morgan fingerprint density at radius 3 is 2.40 bits per heavy atom. The second-order valence-electron chi connectivity index (χ2n) is 4.52. The lowest BCUT2D eigenvalue weighted by atomic mass is 10.1. The Hall–Kier alpha value is -1.33. The summed E-state index contributed by atoms with van der Waals surface area (Å²) in [5, 5.41) is 0. The van der Waals surface area contributed by atoms with E-state index >= 15 is 0 Å². The van der Waals surface area contributed by atoms with Crippen molar-refractivity contribution in [2.24, 2.45) is 0 Å². The number of amides is 1. The van der Waals surface area contributed by atoms with Crippen molar-refractivity contribution >= 4 is 43.5 Å². The molecule has 0 bridgehead atoms. The van der Waals surface area contributed by atoms with Gasteiger partial charge in [-0.1, -0.05) is 28.1 Å². The number of halogens is 2. The van der Waals surface area contributed by atoms with Crippen molar-refractivity contribution in [3.05, 3.63) is 62.5 Å². The topological polar surface area (TPSA) is 46.3 Å². The summed E-state index contributed by atoms with van der Waals surface area (Å²) in [5.74, 6) is -0.0337. The second kappa shape index (κ2) is 6.41. The number of carbonyl (C=O) groups excluding carboxylic acids is 1. The van der Waals surface area contributed by atoms with Crippen LogP contribution in [0.4, 0.5) is 5.69 Å². The van der Waals surface area contributed by atoms with Crippen LogP contribution in [-0.2, 0) is 6.54 Å². The summed E-state index contributed by atoms with van der Waals surface area (Å²) in [6.07, 6.45) is 0. The van der Waals surface area contributed by atoms with Crippen LogP contribution in [0, 0.1) is 0 Å². The van der Waals surface area contributed by atoms with E-state index < -0.39 is 0 Å². The van der Waals surface area contributed by atoms with Gasteiger partial charge in [-0.05, 0) is 51.8 Å². The Labute approximate surface area is 135 Å². The number of nitrogens with zero attached hydrogens (tertiary/aromatic N) is 1. The third-order valence-electron chi connectivity index (χ3n) is 2.93. The molecule has 2 N–H and O–H groups in total. The van der Waals surface area contributed by atoms with Crippen molar-refractivity contribution in [2.45, 2.75) is 6.54 Å². The van der Waals surface area contributed by atoms with E-state index in [0.717, 1.165) is 14.5 Å². The molecule has 0 aliphatic carbocycles. The molecule has 0 saturated heterocycles. The number of anilines is 1. The quantitative estimate of drug-likeness (QED) is 0.793. The zero-order chi connectivity index (χ0) is 14.7. The number of nitrogen functional groups attached to an aromatic ring is 1. The highest BCUT2D eigenvalue weighted by Crippen LogP contribution is 2.21. The Bertz CT molecular complexity index is 626. The number of nitrogens with two attached hydrogens (primary N) is 1. The van der Waals surface area contributed by atoms with Crippen molar-refractivity contribution in [1.29, 1.82) is 0 Å². The first-order valence-corrected chi connectivity index (χ1v) is 7.61. The van der Waals surface area contributed by atoms with Crippen LogP contribution < -0.4 is 5.73 Å². The summed E-state index contributed by atoms with van der Waals surface area (Å²) < 4.78 is 1.76. The van der Waals surface area contributed by atoms with E-state index in [1.807, 2.05) is 24.3 Å². The Morgan fingerprint density at radius 1 is 1.15 bits per heavy atom. The molecule has 1 amide bonds. The predicted molar refractivity (Wildman–Crippen MR) is 88.5 cm³/mol. The van der Waals surface area contributed by atoms with Gasteiger partial charge in [0.15, 0.2) is 0 Å². The number of hydrogen-bond acceptors (Lipinski definition) is 2. The molecule has 0 saturated carbocycles. The number of carbonyl (C=O) groups is 1. The van der Waals surface area contributed by atoms with Gasteiger partial charge in [0.1, 0.15) is 0 Å². The van der Waals surface area contributed by atoms with Crippen LogP contribution >= 0.6 is 31.9 Å². The maximum Gasteiger partial charge on any atom is 0.253 e. The van der Waals surface area contributed by atoms with E-state index in [4.69, 9.17) is 5.73 Å². The van der Waals surface area contributed by atoms with Gasteiger partial charge in [-0.25, -0.2) is 0 Å². The molecule has 0 aliphatic heterocycles. The van der Waals surface area contributed by atoms with Crippen LogP contribution in [0.1, 0.15) is 15.9 Å². The minimum atomic E-state index is -0.0337. The molecule has 2 aromatic carbocycles.